The van der Waals surface area contributed by atoms with Crippen LogP contribution in [0.4, 0.5) is 0 Å². The number of halogens is 1. The van der Waals surface area contributed by atoms with E-state index >= 15 is 0 Å². The fourth-order valence-electron chi connectivity index (χ4n) is 3.62. The molecule has 0 aliphatic carbocycles. The standard InChI is InChI=1S/C24H28ClNO5/c1-16-20(17(2)27)22(31-13-11-26-14-19(28)15-26)24(23(29-3)21(16)25)30-12-7-10-18-8-5-4-6-9-18/h4-6,8-9H,7,10-15H2,1-3H3. The van der Waals surface area contributed by atoms with Gasteiger partial charge in [-0.3, -0.25) is 14.5 Å². The number of hydrogen-bond donors (Lipinski definition) is 0. The summed E-state index contributed by atoms with van der Waals surface area (Å²) in [7, 11) is 1.51. The Morgan fingerprint density at radius 1 is 1.06 bits per heavy atom. The Balaban J connectivity index is 1.79. The van der Waals surface area contributed by atoms with Crippen LogP contribution >= 0.6 is 11.6 Å². The average Bonchev–Trinajstić information content (AvgIpc) is 2.73. The van der Waals surface area contributed by atoms with Gasteiger partial charge in [0.2, 0.25) is 5.75 Å². The number of ether oxygens (including phenoxy) is 3. The molecule has 166 valence electrons. The molecule has 2 aromatic rings. The van der Waals surface area contributed by atoms with Gasteiger partial charge in [0.05, 0.1) is 37.4 Å². The van der Waals surface area contributed by atoms with Gasteiger partial charge < -0.3 is 14.2 Å². The van der Waals surface area contributed by atoms with Crippen LogP contribution in [0.15, 0.2) is 30.3 Å². The first kappa shape index (κ1) is 23.1. The molecule has 0 bridgehead atoms. The summed E-state index contributed by atoms with van der Waals surface area (Å²) in [5.74, 6) is 1.10. The third-order valence-electron chi connectivity index (χ3n) is 5.25. The van der Waals surface area contributed by atoms with Crippen molar-refractivity contribution >= 4 is 23.2 Å². The van der Waals surface area contributed by atoms with Crippen molar-refractivity contribution in [2.75, 3.05) is 40.0 Å². The molecule has 0 N–H and O–H groups in total. The lowest BCUT2D eigenvalue weighted by Crippen LogP contribution is -2.48. The van der Waals surface area contributed by atoms with Gasteiger partial charge in [-0.05, 0) is 37.8 Å². The normalized spacial score (nSPS) is 13.6. The minimum absolute atomic E-state index is 0.162. The molecule has 0 radical (unpaired) electrons. The summed E-state index contributed by atoms with van der Waals surface area (Å²) in [6, 6.07) is 10.2. The molecular formula is C24H28ClNO5. The Bertz CT molecular complexity index is 937. The molecule has 0 saturated carbocycles. The molecule has 6 nitrogen and oxygen atoms in total. The Hall–Kier alpha value is -2.57. The molecule has 1 heterocycles. The number of ketones is 2. The van der Waals surface area contributed by atoms with E-state index in [9.17, 15) is 9.59 Å². The van der Waals surface area contributed by atoms with Crippen molar-refractivity contribution in [1.29, 1.82) is 0 Å². The van der Waals surface area contributed by atoms with Crippen LogP contribution in [-0.4, -0.2) is 56.4 Å². The quantitative estimate of drug-likeness (QED) is 0.382. The lowest BCUT2D eigenvalue weighted by atomic mass is 10.0. The number of methoxy groups -OCH3 is 1. The molecule has 1 aliphatic heterocycles. The molecule has 0 aromatic heterocycles. The molecule has 31 heavy (non-hydrogen) atoms. The molecule has 7 heteroatoms. The van der Waals surface area contributed by atoms with Crippen LogP contribution in [0.2, 0.25) is 5.02 Å². The van der Waals surface area contributed by atoms with Crippen molar-refractivity contribution in [3.8, 4) is 17.2 Å². The van der Waals surface area contributed by atoms with E-state index in [0.29, 0.717) is 66.2 Å². The van der Waals surface area contributed by atoms with E-state index in [2.05, 4.69) is 12.1 Å². The third-order valence-corrected chi connectivity index (χ3v) is 5.71. The summed E-state index contributed by atoms with van der Waals surface area (Å²) in [5, 5.41) is 0.339. The minimum atomic E-state index is -0.162. The summed E-state index contributed by atoms with van der Waals surface area (Å²) in [4.78, 5) is 25.6. The molecule has 2 aromatic carbocycles. The van der Waals surface area contributed by atoms with Crippen molar-refractivity contribution in [3.63, 3.8) is 0 Å². The van der Waals surface area contributed by atoms with Crippen LogP contribution in [-0.2, 0) is 11.2 Å². The van der Waals surface area contributed by atoms with Gasteiger partial charge in [0.15, 0.2) is 23.1 Å². The number of likely N-dealkylation sites (tertiary alicyclic amines) is 1. The van der Waals surface area contributed by atoms with Gasteiger partial charge in [-0.2, -0.15) is 0 Å². The largest absolute Gasteiger partial charge is 0.491 e. The second-order valence-corrected chi connectivity index (χ2v) is 7.98. The molecule has 0 amide bonds. The van der Waals surface area contributed by atoms with Crippen molar-refractivity contribution < 1.29 is 23.8 Å². The second kappa shape index (κ2) is 10.6. The van der Waals surface area contributed by atoms with E-state index in [4.69, 9.17) is 25.8 Å². The third kappa shape index (κ3) is 5.57. The van der Waals surface area contributed by atoms with Crippen LogP contribution < -0.4 is 14.2 Å². The van der Waals surface area contributed by atoms with Crippen molar-refractivity contribution in [2.24, 2.45) is 0 Å². The number of nitrogens with zero attached hydrogens (tertiary/aromatic N) is 1. The zero-order valence-corrected chi connectivity index (χ0v) is 19.0. The molecule has 0 atom stereocenters. The first-order valence-corrected chi connectivity index (χ1v) is 10.7. The minimum Gasteiger partial charge on any atom is -0.491 e. The van der Waals surface area contributed by atoms with Crippen LogP contribution in [0.3, 0.4) is 0 Å². The van der Waals surface area contributed by atoms with Crippen LogP contribution in [0.1, 0.15) is 34.8 Å². The first-order valence-electron chi connectivity index (χ1n) is 10.4. The molecular weight excluding hydrogens is 418 g/mol. The van der Waals surface area contributed by atoms with E-state index < -0.39 is 0 Å². The molecule has 3 rings (SSSR count). The summed E-state index contributed by atoms with van der Waals surface area (Å²) in [5.41, 5.74) is 2.21. The number of carbonyl (C=O) groups excluding carboxylic acids is 2. The van der Waals surface area contributed by atoms with Gasteiger partial charge in [0.1, 0.15) is 6.61 Å². The zero-order valence-electron chi connectivity index (χ0n) is 18.2. The number of aryl methyl sites for hydroxylation is 1. The molecule has 1 aliphatic rings. The topological polar surface area (TPSA) is 65.1 Å². The smallest absolute Gasteiger partial charge is 0.205 e. The summed E-state index contributed by atoms with van der Waals surface area (Å²) >= 11 is 6.50. The number of rotatable bonds is 11. The first-order chi connectivity index (χ1) is 14.9. The highest BCUT2D eigenvalue weighted by Crippen LogP contribution is 2.48. The van der Waals surface area contributed by atoms with E-state index in [0.717, 1.165) is 12.8 Å². The number of hydrogen-bond acceptors (Lipinski definition) is 6. The maximum atomic E-state index is 12.4. The predicted octanol–water partition coefficient (Wildman–Crippen LogP) is 4.13. The number of carbonyl (C=O) groups is 2. The summed E-state index contributed by atoms with van der Waals surface area (Å²) in [6.45, 7) is 5.44. The Morgan fingerprint density at radius 3 is 2.35 bits per heavy atom. The summed E-state index contributed by atoms with van der Waals surface area (Å²) < 4.78 is 17.6. The fourth-order valence-corrected chi connectivity index (χ4v) is 3.88. The van der Waals surface area contributed by atoms with E-state index in [1.54, 1.807) is 6.92 Å². The monoisotopic (exact) mass is 445 g/mol. The second-order valence-electron chi connectivity index (χ2n) is 7.60. The summed E-state index contributed by atoms with van der Waals surface area (Å²) in [6.07, 6.45) is 1.64. The number of Topliss-reactive ketones (excluding diaryl/α,β-unsaturated/α-hetero) is 2. The Kier molecular flexibility index (Phi) is 7.93. The van der Waals surface area contributed by atoms with Gasteiger partial charge in [0, 0.05) is 6.54 Å². The lowest BCUT2D eigenvalue weighted by Gasteiger charge is -2.29. The highest BCUT2D eigenvalue weighted by molar-refractivity contribution is 6.34. The van der Waals surface area contributed by atoms with Gasteiger partial charge in [0.25, 0.3) is 0 Å². The maximum Gasteiger partial charge on any atom is 0.205 e. The Labute approximate surface area is 188 Å². The number of benzene rings is 2. The molecule has 0 unspecified atom stereocenters. The highest BCUT2D eigenvalue weighted by Gasteiger charge is 2.28. The van der Waals surface area contributed by atoms with Crippen LogP contribution in [0.5, 0.6) is 17.2 Å². The van der Waals surface area contributed by atoms with Gasteiger partial charge in [-0.15, -0.1) is 0 Å². The fraction of sp³-hybridized carbons (Fsp3) is 0.417. The Morgan fingerprint density at radius 2 is 1.74 bits per heavy atom. The van der Waals surface area contributed by atoms with Crippen molar-refractivity contribution in [2.45, 2.75) is 26.7 Å². The van der Waals surface area contributed by atoms with E-state index in [1.807, 2.05) is 23.1 Å². The van der Waals surface area contributed by atoms with Crippen LogP contribution in [0, 0.1) is 6.92 Å². The molecule has 1 saturated heterocycles. The van der Waals surface area contributed by atoms with Gasteiger partial charge in [-0.25, -0.2) is 0 Å². The zero-order chi connectivity index (χ0) is 22.4. The van der Waals surface area contributed by atoms with Crippen LogP contribution in [0.25, 0.3) is 0 Å². The highest BCUT2D eigenvalue weighted by atomic mass is 35.5. The lowest BCUT2D eigenvalue weighted by molar-refractivity contribution is -0.129. The SMILES string of the molecule is COc1c(Cl)c(C)c(C(C)=O)c(OCCN2CC(=O)C2)c1OCCCc1ccccc1. The molecule has 0 spiro atoms. The van der Waals surface area contributed by atoms with Crippen molar-refractivity contribution in [3.05, 3.63) is 52.0 Å². The molecule has 1 fully saturated rings. The van der Waals surface area contributed by atoms with E-state index in [1.165, 1.54) is 19.6 Å². The van der Waals surface area contributed by atoms with Crippen molar-refractivity contribution in [1.82, 2.24) is 4.90 Å². The van der Waals surface area contributed by atoms with E-state index in [-0.39, 0.29) is 11.6 Å². The van der Waals surface area contributed by atoms with Gasteiger partial charge in [-0.1, -0.05) is 41.9 Å². The van der Waals surface area contributed by atoms with Gasteiger partial charge >= 0.3 is 0 Å². The maximum absolute atomic E-state index is 12.4. The predicted molar refractivity (Wildman–Crippen MR) is 120 cm³/mol. The average molecular weight is 446 g/mol.